The van der Waals surface area contributed by atoms with Crippen molar-refractivity contribution in [1.29, 1.82) is 0 Å². The highest BCUT2D eigenvalue weighted by atomic mass is 32.2. The van der Waals surface area contributed by atoms with E-state index in [9.17, 15) is 18.0 Å². The number of hydrogen-bond donors (Lipinski definition) is 1. The third-order valence-electron chi connectivity index (χ3n) is 5.36. The van der Waals surface area contributed by atoms with Crippen molar-refractivity contribution in [1.82, 2.24) is 4.31 Å². The molecule has 0 aromatic heterocycles. The van der Waals surface area contributed by atoms with Crippen molar-refractivity contribution in [2.75, 3.05) is 31.4 Å². The summed E-state index contributed by atoms with van der Waals surface area (Å²) in [5, 5.41) is 2.75. The number of sulfonamides is 1. The zero-order chi connectivity index (χ0) is 23.9. The van der Waals surface area contributed by atoms with E-state index < -0.39 is 15.9 Å². The third-order valence-corrected chi connectivity index (χ3v) is 7.19. The number of carbonyl (C=O) groups excluding carboxylic acids is 2. The molecular weight excluding hydrogens is 442 g/mol. The molecule has 9 heteroatoms. The predicted molar refractivity (Wildman–Crippen MR) is 126 cm³/mol. The number of rotatable bonds is 4. The average molecular weight is 466 g/mol. The number of carbonyl (C=O) groups is 2. The molecule has 1 aliphatic rings. The van der Waals surface area contributed by atoms with Crippen LogP contribution >= 0.6 is 0 Å². The number of aryl methyl sites for hydroxylation is 1. The first kappa shape index (κ1) is 22.5. The van der Waals surface area contributed by atoms with Gasteiger partial charge in [-0.05, 0) is 67.1 Å². The fourth-order valence-corrected chi connectivity index (χ4v) is 4.34. The molecule has 0 unspecified atom stereocenters. The molecule has 2 amide bonds. The molecular formula is C24H23N3O5S. The molecule has 4 rings (SSSR count). The fraction of sp³-hybridized carbons (Fsp3) is 0.167. The van der Waals surface area contributed by atoms with Gasteiger partial charge in [-0.3, -0.25) is 9.59 Å². The van der Waals surface area contributed by atoms with Gasteiger partial charge in [-0.2, -0.15) is 0 Å². The van der Waals surface area contributed by atoms with Crippen LogP contribution in [0.2, 0.25) is 0 Å². The van der Waals surface area contributed by atoms with Crippen molar-refractivity contribution in [2.45, 2.75) is 11.8 Å². The van der Waals surface area contributed by atoms with Crippen LogP contribution < -0.4 is 15.0 Å². The molecule has 0 saturated heterocycles. The summed E-state index contributed by atoms with van der Waals surface area (Å²) in [4.78, 5) is 27.4. The van der Waals surface area contributed by atoms with E-state index in [0.29, 0.717) is 28.4 Å². The lowest BCUT2D eigenvalue weighted by Gasteiger charge is -2.16. The lowest BCUT2D eigenvalue weighted by molar-refractivity contribution is 0.0990. The summed E-state index contributed by atoms with van der Waals surface area (Å²) in [5.41, 5.74) is 2.67. The molecule has 0 saturated carbocycles. The first-order valence-corrected chi connectivity index (χ1v) is 11.6. The van der Waals surface area contributed by atoms with Crippen LogP contribution in [0, 0.1) is 6.92 Å². The Kier molecular flexibility index (Phi) is 5.69. The molecule has 0 bridgehead atoms. The molecule has 0 radical (unpaired) electrons. The Labute approximate surface area is 192 Å². The summed E-state index contributed by atoms with van der Waals surface area (Å²) in [6.45, 7) is 1.94. The fourth-order valence-electron chi connectivity index (χ4n) is 3.44. The molecule has 1 N–H and O–H groups in total. The molecule has 0 fully saturated rings. The summed E-state index contributed by atoms with van der Waals surface area (Å²) in [5.74, 6) is 0.271. The van der Waals surface area contributed by atoms with E-state index in [1.165, 1.54) is 43.3 Å². The quantitative estimate of drug-likeness (QED) is 0.631. The topological polar surface area (TPSA) is 96.0 Å². The second-order valence-electron chi connectivity index (χ2n) is 7.91. The number of anilines is 2. The number of ether oxygens (including phenoxy) is 1. The molecule has 1 heterocycles. The van der Waals surface area contributed by atoms with Crippen LogP contribution in [0.5, 0.6) is 11.5 Å². The van der Waals surface area contributed by atoms with Gasteiger partial charge in [0.2, 0.25) is 10.0 Å². The second kappa shape index (κ2) is 8.34. The summed E-state index contributed by atoms with van der Waals surface area (Å²) in [7, 11) is 0.973. The Bertz CT molecular complexity index is 1370. The third kappa shape index (κ3) is 4.20. The standard InChI is InChI=1S/C24H23N3O5S/c1-15-5-11-22-20(13-15)27(4)24(29)19-14-17(8-12-21(19)32-22)25-23(28)16-6-9-18(10-7-16)33(30,31)26(2)3/h5-14H,1-4H3,(H,25,28). The molecule has 0 atom stereocenters. The van der Waals surface area contributed by atoms with Crippen molar-refractivity contribution >= 4 is 33.2 Å². The Hall–Kier alpha value is -3.69. The van der Waals surface area contributed by atoms with Crippen molar-refractivity contribution in [3.63, 3.8) is 0 Å². The minimum absolute atomic E-state index is 0.0923. The van der Waals surface area contributed by atoms with Gasteiger partial charge in [0.1, 0.15) is 5.75 Å². The smallest absolute Gasteiger partial charge is 0.261 e. The molecule has 3 aromatic rings. The maximum atomic E-state index is 13.1. The van der Waals surface area contributed by atoms with Crippen LogP contribution in [-0.2, 0) is 10.0 Å². The largest absolute Gasteiger partial charge is 0.454 e. The number of amides is 2. The molecule has 0 aliphatic carbocycles. The van der Waals surface area contributed by atoms with E-state index in [4.69, 9.17) is 4.74 Å². The van der Waals surface area contributed by atoms with Gasteiger partial charge in [-0.25, -0.2) is 12.7 Å². The minimum atomic E-state index is -3.58. The lowest BCUT2D eigenvalue weighted by Crippen LogP contribution is -2.25. The van der Waals surface area contributed by atoms with Gasteiger partial charge in [-0.1, -0.05) is 6.07 Å². The monoisotopic (exact) mass is 465 g/mol. The van der Waals surface area contributed by atoms with Crippen molar-refractivity contribution in [3.8, 4) is 11.5 Å². The predicted octanol–water partition coefficient (Wildman–Crippen LogP) is 3.88. The van der Waals surface area contributed by atoms with Gasteiger partial charge < -0.3 is 15.0 Å². The first-order chi connectivity index (χ1) is 15.6. The highest BCUT2D eigenvalue weighted by Gasteiger charge is 2.26. The minimum Gasteiger partial charge on any atom is -0.454 e. The molecule has 170 valence electrons. The summed E-state index contributed by atoms with van der Waals surface area (Å²) >= 11 is 0. The second-order valence-corrected chi connectivity index (χ2v) is 10.1. The van der Waals surface area contributed by atoms with Gasteiger partial charge in [0.05, 0.1) is 16.1 Å². The Morgan fingerprint density at radius 2 is 1.64 bits per heavy atom. The van der Waals surface area contributed by atoms with Crippen LogP contribution in [-0.4, -0.2) is 45.7 Å². The highest BCUT2D eigenvalue weighted by molar-refractivity contribution is 7.89. The lowest BCUT2D eigenvalue weighted by atomic mass is 10.1. The van der Waals surface area contributed by atoms with Crippen LogP contribution in [0.25, 0.3) is 0 Å². The Morgan fingerprint density at radius 3 is 2.30 bits per heavy atom. The highest BCUT2D eigenvalue weighted by Crippen LogP contribution is 2.39. The van der Waals surface area contributed by atoms with Crippen LogP contribution in [0.3, 0.4) is 0 Å². The van der Waals surface area contributed by atoms with Crippen LogP contribution in [0.1, 0.15) is 26.3 Å². The van der Waals surface area contributed by atoms with E-state index in [1.54, 1.807) is 25.2 Å². The number of nitrogens with zero attached hydrogens (tertiary/aromatic N) is 2. The van der Waals surface area contributed by atoms with Gasteiger partial charge in [0.25, 0.3) is 11.8 Å². The zero-order valence-corrected chi connectivity index (χ0v) is 19.4. The summed E-state index contributed by atoms with van der Waals surface area (Å²) < 4.78 is 31.5. The molecule has 8 nitrogen and oxygen atoms in total. The molecule has 3 aromatic carbocycles. The van der Waals surface area contributed by atoms with E-state index in [0.717, 1.165) is 9.87 Å². The van der Waals surface area contributed by atoms with Crippen molar-refractivity contribution < 1.29 is 22.7 Å². The van der Waals surface area contributed by atoms with Gasteiger partial charge in [0, 0.05) is 32.4 Å². The zero-order valence-electron chi connectivity index (χ0n) is 18.6. The number of hydrogen-bond acceptors (Lipinski definition) is 5. The van der Waals surface area contributed by atoms with Crippen LogP contribution in [0.4, 0.5) is 11.4 Å². The number of benzene rings is 3. The van der Waals surface area contributed by atoms with E-state index in [1.807, 2.05) is 25.1 Å². The molecule has 1 aliphatic heterocycles. The van der Waals surface area contributed by atoms with Gasteiger partial charge in [-0.15, -0.1) is 0 Å². The summed E-state index contributed by atoms with van der Waals surface area (Å²) in [6, 6.07) is 16.1. The maximum Gasteiger partial charge on any atom is 0.261 e. The number of fused-ring (bicyclic) bond motifs is 2. The Morgan fingerprint density at radius 1 is 0.970 bits per heavy atom. The first-order valence-electron chi connectivity index (χ1n) is 10.1. The van der Waals surface area contributed by atoms with Crippen molar-refractivity contribution in [2.24, 2.45) is 0 Å². The van der Waals surface area contributed by atoms with Crippen molar-refractivity contribution in [3.05, 3.63) is 77.4 Å². The normalized spacial score (nSPS) is 13.1. The maximum absolute atomic E-state index is 13.1. The van der Waals surface area contributed by atoms with Gasteiger partial charge in [0.15, 0.2) is 5.75 Å². The SMILES string of the molecule is Cc1ccc2c(c1)N(C)C(=O)c1cc(NC(=O)c3ccc(S(=O)(=O)N(C)C)cc3)ccc1O2. The van der Waals surface area contributed by atoms with Crippen LogP contribution in [0.15, 0.2) is 65.6 Å². The molecule has 0 spiro atoms. The van der Waals surface area contributed by atoms with E-state index in [-0.39, 0.29) is 16.4 Å². The van der Waals surface area contributed by atoms with E-state index in [2.05, 4.69) is 5.32 Å². The Balaban J connectivity index is 1.58. The van der Waals surface area contributed by atoms with Gasteiger partial charge >= 0.3 is 0 Å². The average Bonchev–Trinajstić information content (AvgIpc) is 2.89. The van der Waals surface area contributed by atoms with E-state index >= 15 is 0 Å². The summed E-state index contributed by atoms with van der Waals surface area (Å²) in [6.07, 6.45) is 0. The molecule has 33 heavy (non-hydrogen) atoms. The number of nitrogens with one attached hydrogen (secondary N) is 1.